The van der Waals surface area contributed by atoms with E-state index in [-0.39, 0.29) is 18.6 Å². The average molecular weight is 346 g/mol. The number of rotatable bonds is 6. The molecule has 1 saturated carbocycles. The van der Waals surface area contributed by atoms with E-state index in [9.17, 15) is 9.90 Å². The lowest BCUT2D eigenvalue weighted by Gasteiger charge is -2.33. The summed E-state index contributed by atoms with van der Waals surface area (Å²) in [6, 6.07) is 5.71. The van der Waals surface area contributed by atoms with Crippen molar-refractivity contribution in [3.8, 4) is 0 Å². The van der Waals surface area contributed by atoms with Gasteiger partial charge in [0.25, 0.3) is 5.91 Å². The number of carbonyl (C=O) groups is 1. The molecule has 1 unspecified atom stereocenters. The third kappa shape index (κ3) is 4.70. The van der Waals surface area contributed by atoms with Gasteiger partial charge in [0, 0.05) is 38.8 Å². The maximum absolute atomic E-state index is 12.7. The molecule has 2 aliphatic rings. The van der Waals surface area contributed by atoms with Crippen LogP contribution in [0.3, 0.4) is 0 Å². The van der Waals surface area contributed by atoms with Crippen LogP contribution in [0, 0.1) is 5.92 Å². The van der Waals surface area contributed by atoms with Crippen LogP contribution in [0.2, 0.25) is 0 Å². The van der Waals surface area contributed by atoms with E-state index in [1.165, 1.54) is 12.8 Å². The molecular weight excluding hydrogens is 316 g/mol. The highest BCUT2D eigenvalue weighted by Gasteiger charge is 2.27. The Bertz CT molecular complexity index is 566. The Kier molecular flexibility index (Phi) is 6.26. The molecule has 1 aliphatic heterocycles. The molecule has 1 aromatic rings. The van der Waals surface area contributed by atoms with Crippen LogP contribution in [-0.2, 0) is 0 Å². The highest BCUT2D eigenvalue weighted by molar-refractivity contribution is 5.92. The first-order valence-electron chi connectivity index (χ1n) is 9.49. The molecule has 0 aromatic carbocycles. The Morgan fingerprint density at radius 2 is 2.00 bits per heavy atom. The zero-order valence-corrected chi connectivity index (χ0v) is 15.2. The van der Waals surface area contributed by atoms with Crippen LogP contribution < -0.4 is 10.2 Å². The molecule has 1 atom stereocenters. The summed E-state index contributed by atoms with van der Waals surface area (Å²) in [6.07, 6.45) is 5.34. The molecular formula is C19H30N4O2. The molecule has 0 bridgehead atoms. The summed E-state index contributed by atoms with van der Waals surface area (Å²) in [5, 5.41) is 12.5. The summed E-state index contributed by atoms with van der Waals surface area (Å²) >= 11 is 0. The van der Waals surface area contributed by atoms with Crippen molar-refractivity contribution >= 4 is 11.7 Å². The van der Waals surface area contributed by atoms with Gasteiger partial charge in [0.1, 0.15) is 11.5 Å². The van der Waals surface area contributed by atoms with E-state index < -0.39 is 0 Å². The summed E-state index contributed by atoms with van der Waals surface area (Å²) < 4.78 is 0. The molecule has 6 nitrogen and oxygen atoms in total. The Hall–Kier alpha value is -1.66. The fourth-order valence-corrected chi connectivity index (χ4v) is 3.93. The molecule has 1 saturated heterocycles. The van der Waals surface area contributed by atoms with Crippen molar-refractivity contribution in [2.75, 3.05) is 44.7 Å². The van der Waals surface area contributed by atoms with E-state index in [1.807, 2.05) is 12.1 Å². The summed E-state index contributed by atoms with van der Waals surface area (Å²) in [5.74, 6) is 1.23. The van der Waals surface area contributed by atoms with Gasteiger partial charge in [0.2, 0.25) is 0 Å². The van der Waals surface area contributed by atoms with E-state index in [0.29, 0.717) is 18.0 Å². The van der Waals surface area contributed by atoms with Crippen LogP contribution in [0.15, 0.2) is 18.2 Å². The smallest absolute Gasteiger partial charge is 0.270 e. The lowest BCUT2D eigenvalue weighted by atomic mass is 9.95. The molecule has 2 N–H and O–H groups in total. The van der Waals surface area contributed by atoms with Crippen molar-refractivity contribution in [3.63, 3.8) is 0 Å². The molecule has 3 rings (SSSR count). The van der Waals surface area contributed by atoms with E-state index in [1.54, 1.807) is 6.07 Å². The van der Waals surface area contributed by atoms with Crippen LogP contribution in [0.4, 0.5) is 5.82 Å². The molecule has 25 heavy (non-hydrogen) atoms. The van der Waals surface area contributed by atoms with Crippen LogP contribution in [0.1, 0.15) is 42.6 Å². The highest BCUT2D eigenvalue weighted by atomic mass is 16.3. The molecule has 0 radical (unpaired) electrons. The molecule has 2 heterocycles. The number of aliphatic hydroxyl groups excluding tert-OH is 1. The number of aromatic nitrogens is 1. The Morgan fingerprint density at radius 1 is 1.28 bits per heavy atom. The minimum absolute atomic E-state index is 0.0501. The number of piperazine rings is 1. The van der Waals surface area contributed by atoms with Gasteiger partial charge in [-0.2, -0.15) is 0 Å². The van der Waals surface area contributed by atoms with E-state index >= 15 is 0 Å². The normalized spacial score (nSPS) is 20.6. The minimum Gasteiger partial charge on any atom is -0.396 e. The first kappa shape index (κ1) is 18.1. The number of hydrogen-bond donors (Lipinski definition) is 2. The van der Waals surface area contributed by atoms with Crippen LogP contribution in [0.25, 0.3) is 0 Å². The standard InChI is InChI=1S/C19H30N4O2/c1-22-10-12-23(13-11-22)18-8-4-7-17(20-18)19(25)21-16(9-14-24)15-5-2-3-6-15/h4,7-8,15-16,24H,2-3,5-6,9-14H2,1H3,(H,21,25). The predicted octanol–water partition coefficient (Wildman–Crippen LogP) is 1.50. The summed E-state index contributed by atoms with van der Waals surface area (Å²) in [4.78, 5) is 21.8. The molecule has 1 aliphatic carbocycles. The largest absolute Gasteiger partial charge is 0.396 e. The maximum Gasteiger partial charge on any atom is 0.270 e. The zero-order chi connectivity index (χ0) is 17.6. The average Bonchev–Trinajstić information content (AvgIpc) is 3.16. The van der Waals surface area contributed by atoms with Gasteiger partial charge in [0.05, 0.1) is 0 Å². The van der Waals surface area contributed by atoms with Crippen LogP contribution in [-0.4, -0.2) is 66.8 Å². The number of pyridine rings is 1. The molecule has 1 aromatic heterocycles. The molecule has 1 amide bonds. The minimum atomic E-state index is -0.124. The van der Waals surface area contributed by atoms with E-state index in [4.69, 9.17) is 0 Å². The van der Waals surface area contributed by atoms with Crippen molar-refractivity contribution in [2.45, 2.75) is 38.1 Å². The third-order valence-electron chi connectivity index (χ3n) is 5.52. The maximum atomic E-state index is 12.7. The number of nitrogens with zero attached hydrogens (tertiary/aromatic N) is 3. The molecule has 138 valence electrons. The van der Waals surface area contributed by atoms with Gasteiger partial charge in [-0.15, -0.1) is 0 Å². The fraction of sp³-hybridized carbons (Fsp3) is 0.684. The Morgan fingerprint density at radius 3 is 2.68 bits per heavy atom. The fourth-order valence-electron chi connectivity index (χ4n) is 3.93. The number of nitrogens with one attached hydrogen (secondary N) is 1. The molecule has 2 fully saturated rings. The summed E-state index contributed by atoms with van der Waals surface area (Å²) in [7, 11) is 2.12. The van der Waals surface area contributed by atoms with Gasteiger partial charge in [0.15, 0.2) is 0 Å². The monoisotopic (exact) mass is 346 g/mol. The number of aliphatic hydroxyl groups is 1. The van der Waals surface area contributed by atoms with Crippen molar-refractivity contribution in [3.05, 3.63) is 23.9 Å². The van der Waals surface area contributed by atoms with Crippen LogP contribution >= 0.6 is 0 Å². The number of anilines is 1. The summed E-state index contributed by atoms with van der Waals surface area (Å²) in [5.41, 5.74) is 0.470. The SMILES string of the molecule is CN1CCN(c2cccc(C(=O)NC(CCO)C3CCCC3)n2)CC1. The van der Waals surface area contributed by atoms with Gasteiger partial charge in [-0.3, -0.25) is 4.79 Å². The summed E-state index contributed by atoms with van der Waals surface area (Å²) in [6.45, 7) is 4.00. The second-order valence-corrected chi connectivity index (χ2v) is 7.31. The van der Waals surface area contributed by atoms with E-state index in [0.717, 1.165) is 44.8 Å². The predicted molar refractivity (Wildman–Crippen MR) is 98.9 cm³/mol. The Balaban J connectivity index is 1.65. The lowest BCUT2D eigenvalue weighted by molar-refractivity contribution is 0.0906. The highest BCUT2D eigenvalue weighted by Crippen LogP contribution is 2.29. The van der Waals surface area contributed by atoms with Crippen LogP contribution in [0.5, 0.6) is 0 Å². The van der Waals surface area contributed by atoms with Crippen molar-refractivity contribution in [2.24, 2.45) is 5.92 Å². The molecule has 6 heteroatoms. The number of amides is 1. The van der Waals surface area contributed by atoms with E-state index in [2.05, 4.69) is 27.1 Å². The first-order chi connectivity index (χ1) is 12.2. The van der Waals surface area contributed by atoms with Crippen molar-refractivity contribution < 1.29 is 9.90 Å². The number of hydrogen-bond acceptors (Lipinski definition) is 5. The Labute approximate surface area is 150 Å². The van der Waals surface area contributed by atoms with Gasteiger partial charge in [-0.05, 0) is 44.4 Å². The van der Waals surface area contributed by atoms with Crippen molar-refractivity contribution in [1.29, 1.82) is 0 Å². The van der Waals surface area contributed by atoms with Gasteiger partial charge < -0.3 is 20.2 Å². The topological polar surface area (TPSA) is 68.7 Å². The van der Waals surface area contributed by atoms with Gasteiger partial charge in [-0.1, -0.05) is 18.9 Å². The number of carbonyl (C=O) groups excluding carboxylic acids is 1. The van der Waals surface area contributed by atoms with Gasteiger partial charge >= 0.3 is 0 Å². The quantitative estimate of drug-likeness (QED) is 0.817. The second-order valence-electron chi connectivity index (χ2n) is 7.31. The van der Waals surface area contributed by atoms with Gasteiger partial charge in [-0.25, -0.2) is 4.98 Å². The third-order valence-corrected chi connectivity index (χ3v) is 5.52. The lowest BCUT2D eigenvalue weighted by Crippen LogP contribution is -2.45. The molecule has 0 spiro atoms. The van der Waals surface area contributed by atoms with Crippen molar-refractivity contribution in [1.82, 2.24) is 15.2 Å². The second kappa shape index (κ2) is 8.63. The zero-order valence-electron chi connectivity index (χ0n) is 15.2. The first-order valence-corrected chi connectivity index (χ1v) is 9.49. The number of likely N-dealkylation sites (N-methyl/N-ethyl adjacent to an activating group) is 1.